The predicted octanol–water partition coefficient (Wildman–Crippen LogP) is 3.45. The average molecular weight is 263 g/mol. The Morgan fingerprint density at radius 1 is 1.44 bits per heavy atom. The van der Waals surface area contributed by atoms with E-state index >= 15 is 0 Å². The number of hydrogen-bond acceptors (Lipinski definition) is 3. The predicted molar refractivity (Wildman–Crippen MR) is 75.9 cm³/mol. The smallest absolute Gasteiger partial charge is 0.193 e. The number of nitrogens with zero attached hydrogens (tertiary/aromatic N) is 2. The number of rotatable bonds is 4. The van der Waals surface area contributed by atoms with Gasteiger partial charge >= 0.3 is 0 Å². The van der Waals surface area contributed by atoms with Crippen LogP contribution in [0.3, 0.4) is 0 Å². The Morgan fingerprint density at radius 3 is 3.06 bits per heavy atom. The van der Waals surface area contributed by atoms with E-state index in [0.717, 1.165) is 23.1 Å². The zero-order valence-corrected chi connectivity index (χ0v) is 11.7. The number of hydrogen-bond donors (Lipinski definition) is 1. The second kappa shape index (κ2) is 5.41. The van der Waals surface area contributed by atoms with Crippen LogP contribution in [0.1, 0.15) is 44.7 Å². The average Bonchev–Trinajstić information content (AvgIpc) is 2.97. The van der Waals surface area contributed by atoms with Gasteiger partial charge in [-0.2, -0.15) is 0 Å². The summed E-state index contributed by atoms with van der Waals surface area (Å²) in [7, 11) is 0. The molecule has 0 radical (unpaired) electrons. The first-order chi connectivity index (χ1) is 8.83. The molecule has 2 heterocycles. The molecule has 1 fully saturated rings. The summed E-state index contributed by atoms with van der Waals surface area (Å²) in [6, 6.07) is 0.616. The van der Waals surface area contributed by atoms with Crippen LogP contribution in [0.2, 0.25) is 0 Å². The van der Waals surface area contributed by atoms with Gasteiger partial charge in [0.2, 0.25) is 0 Å². The molecule has 4 heteroatoms. The minimum absolute atomic E-state index is 0.616. The van der Waals surface area contributed by atoms with Gasteiger partial charge in [-0.3, -0.25) is 4.40 Å². The van der Waals surface area contributed by atoms with Crippen molar-refractivity contribution in [1.29, 1.82) is 0 Å². The zero-order valence-electron chi connectivity index (χ0n) is 10.9. The van der Waals surface area contributed by atoms with Crippen molar-refractivity contribution in [3.05, 3.63) is 23.5 Å². The Balaban J connectivity index is 1.55. The van der Waals surface area contributed by atoms with Crippen molar-refractivity contribution in [2.45, 2.75) is 51.6 Å². The fourth-order valence-corrected chi connectivity index (χ4v) is 3.65. The van der Waals surface area contributed by atoms with E-state index in [0.29, 0.717) is 6.04 Å². The summed E-state index contributed by atoms with van der Waals surface area (Å²) in [5.41, 5.74) is 1.16. The lowest BCUT2D eigenvalue weighted by Crippen LogP contribution is -2.34. The summed E-state index contributed by atoms with van der Waals surface area (Å²) >= 11 is 1.69. The summed E-state index contributed by atoms with van der Waals surface area (Å²) in [4.78, 5) is 5.70. The normalized spacial score (nSPS) is 19.4. The van der Waals surface area contributed by atoms with Gasteiger partial charge < -0.3 is 5.32 Å². The molecule has 2 aromatic heterocycles. The van der Waals surface area contributed by atoms with Crippen molar-refractivity contribution in [3.63, 3.8) is 0 Å². The van der Waals surface area contributed by atoms with E-state index in [-0.39, 0.29) is 0 Å². The molecule has 0 aliphatic heterocycles. The third kappa shape index (κ3) is 2.59. The van der Waals surface area contributed by atoms with Gasteiger partial charge in [-0.05, 0) is 25.7 Å². The quantitative estimate of drug-likeness (QED) is 0.915. The van der Waals surface area contributed by atoms with Crippen molar-refractivity contribution < 1.29 is 0 Å². The minimum atomic E-state index is 0.616. The highest BCUT2D eigenvalue weighted by molar-refractivity contribution is 7.15. The molecule has 0 aromatic carbocycles. The minimum Gasteiger partial charge on any atom is -0.308 e. The maximum Gasteiger partial charge on any atom is 0.193 e. The van der Waals surface area contributed by atoms with Crippen LogP contribution < -0.4 is 5.32 Å². The Labute approximate surface area is 112 Å². The van der Waals surface area contributed by atoms with Crippen LogP contribution >= 0.6 is 11.3 Å². The van der Waals surface area contributed by atoms with E-state index in [4.69, 9.17) is 0 Å². The first-order valence-corrected chi connectivity index (χ1v) is 7.85. The topological polar surface area (TPSA) is 29.3 Å². The Hall–Kier alpha value is -0.870. The first-order valence-electron chi connectivity index (χ1n) is 6.97. The van der Waals surface area contributed by atoms with Crippen LogP contribution in [-0.2, 0) is 6.54 Å². The molecule has 3 nitrogen and oxygen atoms in total. The maximum atomic E-state index is 4.61. The SMILES string of the molecule is CC(NCc1cn2ccsc2n1)C1CCCCC1. The molecular weight excluding hydrogens is 242 g/mol. The van der Waals surface area contributed by atoms with Gasteiger partial charge in [-0.15, -0.1) is 11.3 Å². The summed E-state index contributed by atoms with van der Waals surface area (Å²) in [5.74, 6) is 0.863. The molecule has 1 saturated carbocycles. The van der Waals surface area contributed by atoms with Crippen molar-refractivity contribution in [2.24, 2.45) is 5.92 Å². The molecule has 1 unspecified atom stereocenters. The van der Waals surface area contributed by atoms with Gasteiger partial charge in [0, 0.05) is 30.4 Å². The monoisotopic (exact) mass is 263 g/mol. The molecule has 1 N–H and O–H groups in total. The van der Waals surface area contributed by atoms with Crippen molar-refractivity contribution in [3.8, 4) is 0 Å². The third-order valence-electron chi connectivity index (χ3n) is 4.11. The molecule has 3 rings (SSSR count). The Bertz CT molecular complexity index is 467. The van der Waals surface area contributed by atoms with Crippen LogP contribution in [0, 0.1) is 5.92 Å². The summed E-state index contributed by atoms with van der Waals surface area (Å²) in [5, 5.41) is 5.72. The van der Waals surface area contributed by atoms with E-state index in [9.17, 15) is 0 Å². The molecule has 0 saturated heterocycles. The molecule has 0 amide bonds. The van der Waals surface area contributed by atoms with Crippen molar-refractivity contribution in [1.82, 2.24) is 14.7 Å². The number of aromatic nitrogens is 2. The molecule has 0 bridgehead atoms. The lowest BCUT2D eigenvalue weighted by molar-refractivity contribution is 0.280. The van der Waals surface area contributed by atoms with E-state index in [1.54, 1.807) is 11.3 Å². The Morgan fingerprint density at radius 2 is 2.28 bits per heavy atom. The standard InChI is InChI=1S/C14H21N3S/c1-11(12-5-3-2-4-6-12)15-9-13-10-17-7-8-18-14(17)16-13/h7-8,10-12,15H,2-6,9H2,1H3. The second-order valence-corrected chi connectivity index (χ2v) is 6.27. The highest BCUT2D eigenvalue weighted by Gasteiger charge is 2.19. The molecule has 1 atom stereocenters. The summed E-state index contributed by atoms with van der Waals surface area (Å²) in [6.45, 7) is 3.22. The second-order valence-electron chi connectivity index (χ2n) is 5.39. The Kier molecular flexibility index (Phi) is 3.66. The highest BCUT2D eigenvalue weighted by Crippen LogP contribution is 2.26. The molecule has 1 aliphatic carbocycles. The van der Waals surface area contributed by atoms with Crippen LogP contribution in [-0.4, -0.2) is 15.4 Å². The number of imidazole rings is 1. The zero-order chi connectivity index (χ0) is 12.4. The van der Waals surface area contributed by atoms with Crippen LogP contribution in [0.25, 0.3) is 4.96 Å². The van der Waals surface area contributed by atoms with E-state index < -0.39 is 0 Å². The van der Waals surface area contributed by atoms with E-state index in [1.807, 2.05) is 0 Å². The van der Waals surface area contributed by atoms with Gasteiger partial charge in [-0.25, -0.2) is 4.98 Å². The van der Waals surface area contributed by atoms with Gasteiger partial charge in [0.15, 0.2) is 4.96 Å². The molecule has 0 spiro atoms. The van der Waals surface area contributed by atoms with Crippen LogP contribution in [0.15, 0.2) is 17.8 Å². The van der Waals surface area contributed by atoms with Gasteiger partial charge in [0.05, 0.1) is 5.69 Å². The number of nitrogens with one attached hydrogen (secondary N) is 1. The van der Waals surface area contributed by atoms with Gasteiger partial charge in [-0.1, -0.05) is 19.3 Å². The number of thiazole rings is 1. The summed E-state index contributed by atoms with van der Waals surface area (Å²) in [6.07, 6.45) is 11.3. The van der Waals surface area contributed by atoms with Gasteiger partial charge in [0.1, 0.15) is 0 Å². The lowest BCUT2D eigenvalue weighted by atomic mass is 9.84. The number of fused-ring (bicyclic) bond motifs is 1. The van der Waals surface area contributed by atoms with Crippen LogP contribution in [0.5, 0.6) is 0 Å². The van der Waals surface area contributed by atoms with Crippen LogP contribution in [0.4, 0.5) is 0 Å². The fraction of sp³-hybridized carbons (Fsp3) is 0.643. The molecule has 98 valence electrons. The molecule has 18 heavy (non-hydrogen) atoms. The van der Waals surface area contributed by atoms with Crippen molar-refractivity contribution >= 4 is 16.3 Å². The first kappa shape index (κ1) is 12.2. The summed E-state index contributed by atoms with van der Waals surface area (Å²) < 4.78 is 2.10. The fourth-order valence-electron chi connectivity index (χ4n) is 2.93. The van der Waals surface area contributed by atoms with Crippen molar-refractivity contribution in [2.75, 3.05) is 0 Å². The van der Waals surface area contributed by atoms with E-state index in [2.05, 4.69) is 39.4 Å². The molecule has 2 aromatic rings. The molecular formula is C14H21N3S. The largest absolute Gasteiger partial charge is 0.308 e. The lowest BCUT2D eigenvalue weighted by Gasteiger charge is -2.28. The third-order valence-corrected chi connectivity index (χ3v) is 4.88. The highest BCUT2D eigenvalue weighted by atomic mass is 32.1. The molecule has 1 aliphatic rings. The van der Waals surface area contributed by atoms with Gasteiger partial charge in [0.25, 0.3) is 0 Å². The maximum absolute atomic E-state index is 4.61. The van der Waals surface area contributed by atoms with E-state index in [1.165, 1.54) is 32.1 Å².